The Labute approximate surface area is 178 Å². The summed E-state index contributed by atoms with van der Waals surface area (Å²) in [7, 11) is 0. The second kappa shape index (κ2) is 7.82. The molecule has 2 aromatic carbocycles. The fraction of sp³-hybridized carbons (Fsp3) is 0.238. The highest BCUT2D eigenvalue weighted by molar-refractivity contribution is 8.18. The molecule has 28 heavy (non-hydrogen) atoms. The first kappa shape index (κ1) is 19.4. The van der Waals surface area contributed by atoms with Crippen LogP contribution in [0.1, 0.15) is 37.1 Å². The molecule has 0 N–H and O–H groups in total. The van der Waals surface area contributed by atoms with Crippen LogP contribution in [0.4, 0.5) is 0 Å². The van der Waals surface area contributed by atoms with E-state index in [0.717, 1.165) is 22.0 Å². The summed E-state index contributed by atoms with van der Waals surface area (Å²) in [5.74, 6) is -0.306. The van der Waals surface area contributed by atoms with E-state index in [0.29, 0.717) is 21.6 Å². The summed E-state index contributed by atoms with van der Waals surface area (Å²) in [6, 6.07) is 15.3. The largest absolute Gasteiger partial charge is 0.462 e. The number of aliphatic imine (C=N–C) groups is 1. The maximum Gasteiger partial charge on any atom is 0.346 e. The van der Waals surface area contributed by atoms with Crippen molar-refractivity contribution in [1.82, 2.24) is 4.90 Å². The van der Waals surface area contributed by atoms with Crippen LogP contribution in [0.5, 0.6) is 0 Å². The van der Waals surface area contributed by atoms with Crippen molar-refractivity contribution in [3.63, 3.8) is 0 Å². The summed E-state index contributed by atoms with van der Waals surface area (Å²) in [4.78, 5) is 20.0. The number of halogens is 2. The molecule has 4 nitrogen and oxygen atoms in total. The second-order valence-electron chi connectivity index (χ2n) is 6.51. The summed E-state index contributed by atoms with van der Waals surface area (Å²) >= 11 is 13.5. The molecule has 144 valence electrons. The van der Waals surface area contributed by atoms with Gasteiger partial charge >= 0.3 is 5.97 Å². The first-order valence-electron chi connectivity index (χ1n) is 8.93. The summed E-state index contributed by atoms with van der Waals surface area (Å²) < 4.78 is 5.21. The van der Waals surface area contributed by atoms with Crippen LogP contribution in [0.25, 0.3) is 0 Å². The second-order valence-corrected chi connectivity index (χ2v) is 8.36. The molecule has 0 unspecified atom stereocenters. The van der Waals surface area contributed by atoms with E-state index in [2.05, 4.69) is 4.90 Å². The number of hydrogen-bond donors (Lipinski definition) is 0. The average molecular weight is 433 g/mol. The van der Waals surface area contributed by atoms with E-state index in [1.165, 1.54) is 11.8 Å². The van der Waals surface area contributed by atoms with Crippen molar-refractivity contribution < 1.29 is 9.53 Å². The molecule has 0 bridgehead atoms. The molecule has 0 amide bonds. The van der Waals surface area contributed by atoms with Crippen molar-refractivity contribution in [2.75, 3.05) is 6.61 Å². The number of carbonyl (C=O) groups excluding carboxylic acids is 1. The molecule has 0 aliphatic carbocycles. The molecular weight excluding hydrogens is 415 g/mol. The number of hydrogen-bond acceptors (Lipinski definition) is 5. The van der Waals surface area contributed by atoms with Crippen molar-refractivity contribution in [2.45, 2.75) is 25.9 Å². The molecule has 2 aliphatic heterocycles. The zero-order valence-corrected chi connectivity index (χ0v) is 17.7. The molecule has 2 atom stereocenters. The molecule has 7 heteroatoms. The van der Waals surface area contributed by atoms with Gasteiger partial charge in [0.05, 0.1) is 12.6 Å². The van der Waals surface area contributed by atoms with Crippen molar-refractivity contribution in [3.8, 4) is 0 Å². The van der Waals surface area contributed by atoms with Crippen LogP contribution in [0.2, 0.25) is 10.0 Å². The third kappa shape index (κ3) is 3.43. The van der Waals surface area contributed by atoms with Crippen LogP contribution >= 0.6 is 35.0 Å². The Morgan fingerprint density at radius 1 is 1.07 bits per heavy atom. The molecule has 0 aromatic heterocycles. The lowest BCUT2D eigenvalue weighted by molar-refractivity contribution is -0.137. The standard InChI is InChI=1S/C21H18Cl2N2O2S/c1-3-27-20(26)19-12(2)25-18(14-6-10-16(23)11-7-14)17(24-21(25)28-19)13-4-8-15(22)9-5-13/h4-11,17-18H,3H2,1-2H3/t17-,18+/m0/s1. The van der Waals surface area contributed by atoms with E-state index < -0.39 is 0 Å². The highest BCUT2D eigenvalue weighted by atomic mass is 35.5. The summed E-state index contributed by atoms with van der Waals surface area (Å²) in [6.07, 6.45) is 0. The van der Waals surface area contributed by atoms with Gasteiger partial charge in [-0.2, -0.15) is 0 Å². The van der Waals surface area contributed by atoms with Crippen LogP contribution in [0.15, 0.2) is 64.1 Å². The van der Waals surface area contributed by atoms with Gasteiger partial charge in [-0.1, -0.05) is 47.5 Å². The predicted octanol–water partition coefficient (Wildman–Crippen LogP) is 5.99. The Balaban J connectivity index is 1.77. The highest BCUT2D eigenvalue weighted by Crippen LogP contribution is 2.51. The minimum Gasteiger partial charge on any atom is -0.462 e. The van der Waals surface area contributed by atoms with Gasteiger partial charge in [0.1, 0.15) is 10.9 Å². The summed E-state index contributed by atoms with van der Waals surface area (Å²) in [6.45, 7) is 4.09. The molecule has 2 aliphatic rings. The monoisotopic (exact) mass is 432 g/mol. The van der Waals surface area contributed by atoms with E-state index in [-0.39, 0.29) is 18.1 Å². The third-order valence-corrected chi connectivity index (χ3v) is 6.45. The van der Waals surface area contributed by atoms with E-state index in [1.54, 1.807) is 6.92 Å². The predicted molar refractivity (Wildman–Crippen MR) is 115 cm³/mol. The lowest BCUT2D eigenvalue weighted by atomic mass is 9.93. The Bertz CT molecular complexity index is 971. The van der Waals surface area contributed by atoms with Gasteiger partial charge in [-0.05, 0) is 61.0 Å². The number of rotatable bonds is 4. The van der Waals surface area contributed by atoms with E-state index in [4.69, 9.17) is 32.9 Å². The van der Waals surface area contributed by atoms with Gasteiger partial charge in [0, 0.05) is 15.7 Å². The Kier molecular flexibility index (Phi) is 5.41. The quantitative estimate of drug-likeness (QED) is 0.556. The van der Waals surface area contributed by atoms with Crippen molar-refractivity contribution in [3.05, 3.63) is 80.3 Å². The number of fused-ring (bicyclic) bond motifs is 1. The van der Waals surface area contributed by atoms with E-state index in [9.17, 15) is 4.79 Å². The first-order chi connectivity index (χ1) is 13.5. The fourth-order valence-electron chi connectivity index (χ4n) is 3.51. The number of benzene rings is 2. The SMILES string of the molecule is CCOC(=O)C1=C(C)N2C(=N[C@@H](c3ccc(Cl)cc3)[C@H]2c2ccc(Cl)cc2)S1. The van der Waals surface area contributed by atoms with Crippen molar-refractivity contribution in [2.24, 2.45) is 4.99 Å². The normalized spacial score (nSPS) is 21.0. The molecule has 4 rings (SSSR count). The number of allylic oxidation sites excluding steroid dienone is 1. The van der Waals surface area contributed by atoms with Gasteiger partial charge < -0.3 is 9.64 Å². The molecule has 0 saturated heterocycles. The summed E-state index contributed by atoms with van der Waals surface area (Å²) in [5.41, 5.74) is 3.00. The molecule has 0 radical (unpaired) electrons. The topological polar surface area (TPSA) is 41.9 Å². The minimum absolute atomic E-state index is 0.0760. The Morgan fingerprint density at radius 2 is 1.64 bits per heavy atom. The van der Waals surface area contributed by atoms with Crippen molar-refractivity contribution in [1.29, 1.82) is 0 Å². The maximum atomic E-state index is 12.3. The lowest BCUT2D eigenvalue weighted by Gasteiger charge is -2.28. The Morgan fingerprint density at radius 3 is 2.21 bits per heavy atom. The van der Waals surface area contributed by atoms with Crippen molar-refractivity contribution >= 4 is 46.1 Å². The smallest absolute Gasteiger partial charge is 0.346 e. The average Bonchev–Trinajstić information content (AvgIpc) is 3.20. The number of carbonyl (C=O) groups is 1. The van der Waals surface area contributed by atoms with E-state index in [1.807, 2.05) is 55.5 Å². The molecule has 0 fully saturated rings. The molecule has 0 spiro atoms. The zero-order valence-electron chi connectivity index (χ0n) is 15.4. The van der Waals surface area contributed by atoms with Crippen LogP contribution in [0, 0.1) is 0 Å². The van der Waals surface area contributed by atoms with Gasteiger partial charge in [-0.25, -0.2) is 4.79 Å². The maximum absolute atomic E-state index is 12.3. The van der Waals surface area contributed by atoms with Crippen LogP contribution in [0.3, 0.4) is 0 Å². The van der Waals surface area contributed by atoms with Crippen LogP contribution < -0.4 is 0 Å². The fourth-order valence-corrected chi connectivity index (χ4v) is 4.85. The van der Waals surface area contributed by atoms with Gasteiger partial charge in [0.15, 0.2) is 5.17 Å². The summed E-state index contributed by atoms with van der Waals surface area (Å²) in [5, 5.41) is 2.18. The van der Waals surface area contributed by atoms with Crippen LogP contribution in [-0.4, -0.2) is 22.6 Å². The molecule has 0 saturated carbocycles. The highest BCUT2D eigenvalue weighted by Gasteiger charge is 2.45. The molecule has 2 heterocycles. The molecule has 2 aromatic rings. The lowest BCUT2D eigenvalue weighted by Crippen LogP contribution is -2.26. The van der Waals surface area contributed by atoms with Gasteiger partial charge in [-0.15, -0.1) is 0 Å². The number of amidine groups is 1. The zero-order chi connectivity index (χ0) is 19.8. The Hall–Kier alpha value is -1.95. The van der Waals surface area contributed by atoms with E-state index >= 15 is 0 Å². The first-order valence-corrected chi connectivity index (χ1v) is 10.5. The molecular formula is C21H18Cl2N2O2S. The van der Waals surface area contributed by atoms with Gasteiger partial charge in [0.25, 0.3) is 0 Å². The van der Waals surface area contributed by atoms with Crippen LogP contribution in [-0.2, 0) is 9.53 Å². The number of ether oxygens (including phenoxy) is 1. The number of esters is 1. The minimum atomic E-state index is -0.306. The number of thioether (sulfide) groups is 1. The van der Waals surface area contributed by atoms with Gasteiger partial charge in [-0.3, -0.25) is 4.99 Å². The van der Waals surface area contributed by atoms with Gasteiger partial charge in [0.2, 0.25) is 0 Å². The third-order valence-electron chi connectivity index (χ3n) is 4.80. The number of nitrogens with zero attached hydrogens (tertiary/aromatic N) is 2.